The molecule has 0 bridgehead atoms. The first-order valence-electron chi connectivity index (χ1n) is 5.83. The van der Waals surface area contributed by atoms with Gasteiger partial charge in [-0.3, -0.25) is 4.21 Å². The van der Waals surface area contributed by atoms with Gasteiger partial charge in [-0.1, -0.05) is 18.6 Å². The number of rotatable bonds is 2. The predicted molar refractivity (Wildman–Crippen MR) is 67.9 cm³/mol. The van der Waals surface area contributed by atoms with Crippen LogP contribution in [-0.2, 0) is 10.8 Å². The van der Waals surface area contributed by atoms with Crippen molar-refractivity contribution < 1.29 is 4.21 Å². The van der Waals surface area contributed by atoms with E-state index in [1.165, 1.54) is 5.56 Å². The Labute approximate surface area is 99.7 Å². The van der Waals surface area contributed by atoms with Crippen LogP contribution < -0.4 is 5.73 Å². The van der Waals surface area contributed by atoms with E-state index in [4.69, 9.17) is 5.73 Å². The SMILES string of the molecule is Cc1ccc(C)c(S(=O)C2CCCC2N)c1. The van der Waals surface area contributed by atoms with Crippen molar-refractivity contribution in [1.82, 2.24) is 0 Å². The van der Waals surface area contributed by atoms with Crippen LogP contribution in [0.1, 0.15) is 30.4 Å². The number of hydrogen-bond donors (Lipinski definition) is 1. The van der Waals surface area contributed by atoms with Gasteiger partial charge in [-0.05, 0) is 43.9 Å². The van der Waals surface area contributed by atoms with Crippen molar-refractivity contribution in [3.8, 4) is 0 Å². The van der Waals surface area contributed by atoms with Crippen molar-refractivity contribution in [2.75, 3.05) is 0 Å². The Morgan fingerprint density at radius 3 is 2.69 bits per heavy atom. The lowest BCUT2D eigenvalue weighted by Crippen LogP contribution is -2.32. The highest BCUT2D eigenvalue weighted by atomic mass is 32.2. The van der Waals surface area contributed by atoms with Crippen molar-refractivity contribution in [2.24, 2.45) is 5.73 Å². The molecule has 1 aromatic carbocycles. The van der Waals surface area contributed by atoms with E-state index in [1.807, 2.05) is 26.0 Å². The second-order valence-corrected chi connectivity index (χ2v) is 6.34. The van der Waals surface area contributed by atoms with E-state index in [0.29, 0.717) is 0 Å². The molecule has 0 heterocycles. The number of aryl methyl sites for hydroxylation is 2. The number of benzene rings is 1. The predicted octanol–water partition coefficient (Wildman–Crippen LogP) is 2.29. The standard InChI is InChI=1S/C13H19NOS/c1-9-6-7-10(2)13(8-9)16(15)12-5-3-4-11(12)14/h6-8,11-12H,3-5,14H2,1-2H3. The normalized spacial score (nSPS) is 26.9. The fourth-order valence-electron chi connectivity index (χ4n) is 2.31. The lowest BCUT2D eigenvalue weighted by molar-refractivity contribution is 0.648. The van der Waals surface area contributed by atoms with Crippen molar-refractivity contribution in [1.29, 1.82) is 0 Å². The summed E-state index contributed by atoms with van der Waals surface area (Å²) in [4.78, 5) is 0.974. The summed E-state index contributed by atoms with van der Waals surface area (Å²) in [5, 5.41) is 0.153. The molecule has 3 unspecified atom stereocenters. The van der Waals surface area contributed by atoms with Crippen LogP contribution in [0.3, 0.4) is 0 Å². The Bertz CT molecular complexity index is 416. The molecule has 1 saturated carbocycles. The van der Waals surface area contributed by atoms with Crippen LogP contribution in [0.15, 0.2) is 23.1 Å². The molecule has 1 fully saturated rings. The van der Waals surface area contributed by atoms with Crippen LogP contribution in [0.2, 0.25) is 0 Å². The van der Waals surface area contributed by atoms with Crippen molar-refractivity contribution in [2.45, 2.75) is 49.3 Å². The molecular formula is C13H19NOS. The highest BCUT2D eigenvalue weighted by Gasteiger charge is 2.30. The second kappa shape index (κ2) is 4.68. The molecule has 0 radical (unpaired) electrons. The van der Waals surface area contributed by atoms with E-state index in [9.17, 15) is 4.21 Å². The van der Waals surface area contributed by atoms with Gasteiger partial charge < -0.3 is 5.73 Å². The number of nitrogens with two attached hydrogens (primary N) is 1. The summed E-state index contributed by atoms with van der Waals surface area (Å²) in [6.45, 7) is 4.06. The smallest absolute Gasteiger partial charge is 0.0579 e. The van der Waals surface area contributed by atoms with E-state index in [1.54, 1.807) is 0 Å². The van der Waals surface area contributed by atoms with Crippen LogP contribution >= 0.6 is 0 Å². The van der Waals surface area contributed by atoms with E-state index in [0.717, 1.165) is 29.7 Å². The lowest BCUT2D eigenvalue weighted by Gasteiger charge is -2.16. The summed E-state index contributed by atoms with van der Waals surface area (Å²) in [7, 11) is -0.936. The molecule has 2 nitrogen and oxygen atoms in total. The average Bonchev–Trinajstić information content (AvgIpc) is 2.67. The average molecular weight is 237 g/mol. The highest BCUT2D eigenvalue weighted by Crippen LogP contribution is 2.27. The first-order valence-corrected chi connectivity index (χ1v) is 7.04. The van der Waals surface area contributed by atoms with Crippen LogP contribution in [0.25, 0.3) is 0 Å². The number of hydrogen-bond acceptors (Lipinski definition) is 2. The summed E-state index contributed by atoms with van der Waals surface area (Å²) in [5.74, 6) is 0. The fourth-order valence-corrected chi connectivity index (χ4v) is 4.16. The molecule has 2 rings (SSSR count). The molecule has 0 aliphatic heterocycles. The molecule has 1 aliphatic carbocycles. The van der Waals surface area contributed by atoms with Gasteiger partial charge in [-0.25, -0.2) is 0 Å². The van der Waals surface area contributed by atoms with E-state index in [2.05, 4.69) is 6.07 Å². The molecule has 1 aromatic rings. The molecule has 2 N–H and O–H groups in total. The molecule has 0 saturated heterocycles. The Hall–Kier alpha value is -0.670. The molecule has 3 atom stereocenters. The third kappa shape index (κ3) is 2.20. The Balaban J connectivity index is 2.29. The van der Waals surface area contributed by atoms with Gasteiger partial charge in [0, 0.05) is 10.9 Å². The summed E-state index contributed by atoms with van der Waals surface area (Å²) in [5.41, 5.74) is 8.29. The Kier molecular flexibility index (Phi) is 3.45. The van der Waals surface area contributed by atoms with Crippen molar-refractivity contribution >= 4 is 10.8 Å². The maximum absolute atomic E-state index is 12.5. The van der Waals surface area contributed by atoms with Gasteiger partial charge in [0.1, 0.15) is 0 Å². The minimum absolute atomic E-state index is 0.112. The molecular weight excluding hydrogens is 218 g/mol. The fraction of sp³-hybridized carbons (Fsp3) is 0.538. The quantitative estimate of drug-likeness (QED) is 0.857. The zero-order valence-corrected chi connectivity index (χ0v) is 10.7. The van der Waals surface area contributed by atoms with Crippen LogP contribution in [0, 0.1) is 13.8 Å². The molecule has 16 heavy (non-hydrogen) atoms. The summed E-state index contributed by atoms with van der Waals surface area (Å²) < 4.78 is 12.5. The summed E-state index contributed by atoms with van der Waals surface area (Å²) in [6.07, 6.45) is 3.13. The van der Waals surface area contributed by atoms with Gasteiger partial charge in [0.2, 0.25) is 0 Å². The first-order chi connectivity index (χ1) is 7.59. The monoisotopic (exact) mass is 237 g/mol. The molecule has 3 heteroatoms. The van der Waals surface area contributed by atoms with E-state index < -0.39 is 10.8 Å². The first kappa shape index (κ1) is 11.8. The zero-order valence-electron chi connectivity index (χ0n) is 9.90. The van der Waals surface area contributed by atoms with Gasteiger partial charge in [-0.15, -0.1) is 0 Å². The Morgan fingerprint density at radius 2 is 2.06 bits per heavy atom. The van der Waals surface area contributed by atoms with Crippen molar-refractivity contribution in [3.63, 3.8) is 0 Å². The summed E-state index contributed by atoms with van der Waals surface area (Å²) in [6, 6.07) is 6.25. The van der Waals surface area contributed by atoms with E-state index >= 15 is 0 Å². The van der Waals surface area contributed by atoms with Crippen LogP contribution in [-0.4, -0.2) is 15.5 Å². The second-order valence-electron chi connectivity index (χ2n) is 4.70. The molecule has 1 aliphatic rings. The molecule has 88 valence electrons. The minimum atomic E-state index is -0.936. The van der Waals surface area contributed by atoms with Gasteiger partial charge in [0.15, 0.2) is 0 Å². The summed E-state index contributed by atoms with van der Waals surface area (Å²) >= 11 is 0. The lowest BCUT2D eigenvalue weighted by atomic mass is 10.2. The highest BCUT2D eigenvalue weighted by molar-refractivity contribution is 7.85. The maximum atomic E-state index is 12.5. The van der Waals surface area contributed by atoms with Gasteiger partial charge in [0.05, 0.1) is 16.0 Å². The third-order valence-corrected chi connectivity index (χ3v) is 5.35. The molecule has 0 amide bonds. The van der Waals surface area contributed by atoms with E-state index in [-0.39, 0.29) is 11.3 Å². The van der Waals surface area contributed by atoms with Gasteiger partial charge in [-0.2, -0.15) is 0 Å². The minimum Gasteiger partial charge on any atom is -0.327 e. The third-order valence-electron chi connectivity index (χ3n) is 3.34. The molecule has 0 aromatic heterocycles. The topological polar surface area (TPSA) is 43.1 Å². The largest absolute Gasteiger partial charge is 0.327 e. The van der Waals surface area contributed by atoms with Crippen LogP contribution in [0.5, 0.6) is 0 Å². The van der Waals surface area contributed by atoms with Gasteiger partial charge >= 0.3 is 0 Å². The zero-order chi connectivity index (χ0) is 11.7. The Morgan fingerprint density at radius 1 is 1.31 bits per heavy atom. The van der Waals surface area contributed by atoms with Gasteiger partial charge in [0.25, 0.3) is 0 Å². The van der Waals surface area contributed by atoms with Crippen molar-refractivity contribution in [3.05, 3.63) is 29.3 Å². The maximum Gasteiger partial charge on any atom is 0.0579 e. The molecule has 0 spiro atoms. The van der Waals surface area contributed by atoms with Crippen LogP contribution in [0.4, 0.5) is 0 Å².